The van der Waals surface area contributed by atoms with Crippen molar-refractivity contribution < 1.29 is 9.53 Å². The Labute approximate surface area is 165 Å². The van der Waals surface area contributed by atoms with E-state index in [1.54, 1.807) is 6.07 Å². The Morgan fingerprint density at radius 1 is 0.964 bits per heavy atom. The Morgan fingerprint density at radius 2 is 1.68 bits per heavy atom. The molecule has 3 rings (SSSR count). The summed E-state index contributed by atoms with van der Waals surface area (Å²) < 4.78 is 5.64. The van der Waals surface area contributed by atoms with Gasteiger partial charge in [-0.3, -0.25) is 4.79 Å². The maximum Gasteiger partial charge on any atom is 0.270 e. The van der Waals surface area contributed by atoms with Crippen molar-refractivity contribution in [2.45, 2.75) is 32.9 Å². The molecule has 0 aliphatic rings. The molecule has 0 saturated heterocycles. The molecule has 0 spiro atoms. The smallest absolute Gasteiger partial charge is 0.270 e. The highest BCUT2D eigenvalue weighted by atomic mass is 16.5. The maximum atomic E-state index is 12.5. The molecular weight excluding hydrogens is 352 g/mol. The molecule has 3 aromatic rings. The third-order valence-electron chi connectivity index (χ3n) is 4.05. The van der Waals surface area contributed by atoms with E-state index in [2.05, 4.69) is 20.6 Å². The van der Waals surface area contributed by atoms with Gasteiger partial charge in [0.05, 0.1) is 12.1 Å². The molecule has 1 aromatic heterocycles. The minimum absolute atomic E-state index is 0.117. The van der Waals surface area contributed by atoms with Gasteiger partial charge in [0.2, 0.25) is 0 Å². The highest BCUT2D eigenvalue weighted by Gasteiger charge is 2.13. The fourth-order valence-corrected chi connectivity index (χ4v) is 2.68. The molecule has 0 saturated carbocycles. The van der Waals surface area contributed by atoms with Crippen LogP contribution in [-0.4, -0.2) is 22.0 Å². The van der Waals surface area contributed by atoms with E-state index in [9.17, 15) is 4.79 Å². The van der Waals surface area contributed by atoms with Crippen LogP contribution in [0.3, 0.4) is 0 Å². The van der Waals surface area contributed by atoms with Crippen molar-refractivity contribution in [3.8, 4) is 5.75 Å². The zero-order chi connectivity index (χ0) is 19.9. The largest absolute Gasteiger partial charge is 0.491 e. The van der Waals surface area contributed by atoms with E-state index in [-0.39, 0.29) is 18.1 Å². The van der Waals surface area contributed by atoms with E-state index in [1.807, 2.05) is 75.4 Å². The molecule has 1 amide bonds. The Hall–Kier alpha value is -3.41. The topological polar surface area (TPSA) is 76.1 Å². The summed E-state index contributed by atoms with van der Waals surface area (Å²) in [7, 11) is 0. The first-order valence-corrected chi connectivity index (χ1v) is 9.23. The lowest BCUT2D eigenvalue weighted by molar-refractivity contribution is 0.0934. The van der Waals surface area contributed by atoms with E-state index in [0.717, 1.165) is 17.0 Å². The van der Waals surface area contributed by atoms with E-state index in [0.29, 0.717) is 11.5 Å². The van der Waals surface area contributed by atoms with Gasteiger partial charge in [0, 0.05) is 11.8 Å². The molecule has 0 aliphatic carbocycles. The molecule has 0 radical (unpaired) electrons. The average molecular weight is 376 g/mol. The standard InChI is InChI=1S/C22H24N4O2/c1-15(2)28-19-11-9-18(10-12-19)26-21-13-20(23-14-24-21)22(27)25-16(3)17-7-5-4-6-8-17/h4-16H,1-3H3,(H,25,27)(H,23,24,26). The number of amides is 1. The highest BCUT2D eigenvalue weighted by molar-refractivity contribution is 5.93. The van der Waals surface area contributed by atoms with Gasteiger partial charge in [0.25, 0.3) is 5.91 Å². The van der Waals surface area contributed by atoms with Gasteiger partial charge < -0.3 is 15.4 Å². The molecule has 28 heavy (non-hydrogen) atoms. The van der Waals surface area contributed by atoms with Crippen LogP contribution in [-0.2, 0) is 0 Å². The van der Waals surface area contributed by atoms with Crippen LogP contribution >= 0.6 is 0 Å². The first-order chi connectivity index (χ1) is 13.5. The number of nitrogens with one attached hydrogen (secondary N) is 2. The van der Waals surface area contributed by atoms with Crippen molar-refractivity contribution >= 4 is 17.4 Å². The second kappa shape index (κ2) is 8.99. The number of carbonyl (C=O) groups is 1. The van der Waals surface area contributed by atoms with Crippen LogP contribution < -0.4 is 15.4 Å². The molecule has 1 heterocycles. The van der Waals surface area contributed by atoms with Crippen LogP contribution in [0.1, 0.15) is 42.9 Å². The number of ether oxygens (including phenoxy) is 1. The van der Waals surface area contributed by atoms with Crippen LogP contribution in [0, 0.1) is 0 Å². The molecule has 2 N–H and O–H groups in total. The van der Waals surface area contributed by atoms with E-state index in [1.165, 1.54) is 6.33 Å². The fraction of sp³-hybridized carbons (Fsp3) is 0.227. The van der Waals surface area contributed by atoms with Crippen molar-refractivity contribution in [1.29, 1.82) is 0 Å². The third-order valence-corrected chi connectivity index (χ3v) is 4.05. The molecule has 1 atom stereocenters. The van der Waals surface area contributed by atoms with Crippen LogP contribution in [0.5, 0.6) is 5.75 Å². The van der Waals surface area contributed by atoms with E-state index < -0.39 is 0 Å². The number of aromatic nitrogens is 2. The summed E-state index contributed by atoms with van der Waals surface area (Å²) in [6.45, 7) is 5.91. The Kier molecular flexibility index (Phi) is 6.22. The zero-order valence-electron chi connectivity index (χ0n) is 16.2. The van der Waals surface area contributed by atoms with Crippen LogP contribution in [0.15, 0.2) is 67.0 Å². The Bertz CT molecular complexity index is 911. The van der Waals surface area contributed by atoms with Gasteiger partial charge in [-0.05, 0) is 50.6 Å². The number of carbonyl (C=O) groups excluding carboxylic acids is 1. The predicted molar refractivity (Wildman–Crippen MR) is 110 cm³/mol. The molecule has 1 unspecified atom stereocenters. The Balaban J connectivity index is 1.65. The lowest BCUT2D eigenvalue weighted by Gasteiger charge is -2.14. The van der Waals surface area contributed by atoms with Gasteiger partial charge in [0.1, 0.15) is 23.6 Å². The SMILES string of the molecule is CC(C)Oc1ccc(Nc2cc(C(=O)NC(C)c3ccccc3)ncn2)cc1. The molecule has 0 bridgehead atoms. The van der Waals surface area contributed by atoms with Gasteiger partial charge in [0.15, 0.2) is 0 Å². The summed E-state index contributed by atoms with van der Waals surface area (Å²) in [5.74, 6) is 1.10. The van der Waals surface area contributed by atoms with Gasteiger partial charge in [-0.2, -0.15) is 0 Å². The summed E-state index contributed by atoms with van der Waals surface area (Å²) in [6, 6.07) is 18.9. The van der Waals surface area contributed by atoms with Crippen molar-refractivity contribution in [3.05, 3.63) is 78.2 Å². The molecular formula is C22H24N4O2. The van der Waals surface area contributed by atoms with E-state index >= 15 is 0 Å². The molecule has 2 aromatic carbocycles. The number of rotatable bonds is 7. The van der Waals surface area contributed by atoms with Crippen molar-refractivity contribution in [2.24, 2.45) is 0 Å². The van der Waals surface area contributed by atoms with Crippen LogP contribution in [0.2, 0.25) is 0 Å². The van der Waals surface area contributed by atoms with Crippen LogP contribution in [0.25, 0.3) is 0 Å². The second-order valence-electron chi connectivity index (χ2n) is 6.71. The second-order valence-corrected chi connectivity index (χ2v) is 6.71. The normalized spacial score (nSPS) is 11.7. The average Bonchev–Trinajstić information content (AvgIpc) is 2.70. The summed E-state index contributed by atoms with van der Waals surface area (Å²) >= 11 is 0. The van der Waals surface area contributed by atoms with Crippen LogP contribution in [0.4, 0.5) is 11.5 Å². The minimum Gasteiger partial charge on any atom is -0.491 e. The zero-order valence-corrected chi connectivity index (χ0v) is 16.2. The quantitative estimate of drug-likeness (QED) is 0.635. The lowest BCUT2D eigenvalue weighted by atomic mass is 10.1. The summed E-state index contributed by atoms with van der Waals surface area (Å²) in [4.78, 5) is 20.8. The van der Waals surface area contributed by atoms with Crippen molar-refractivity contribution in [1.82, 2.24) is 15.3 Å². The Morgan fingerprint density at radius 3 is 2.36 bits per heavy atom. The number of nitrogens with zero attached hydrogens (tertiary/aromatic N) is 2. The maximum absolute atomic E-state index is 12.5. The fourth-order valence-electron chi connectivity index (χ4n) is 2.68. The minimum atomic E-state index is -0.248. The number of anilines is 2. The molecule has 6 nitrogen and oxygen atoms in total. The lowest BCUT2D eigenvalue weighted by Crippen LogP contribution is -2.27. The third kappa shape index (κ3) is 5.30. The number of benzene rings is 2. The van der Waals surface area contributed by atoms with Gasteiger partial charge in [-0.15, -0.1) is 0 Å². The molecule has 144 valence electrons. The monoisotopic (exact) mass is 376 g/mol. The first-order valence-electron chi connectivity index (χ1n) is 9.23. The predicted octanol–water partition coefficient (Wildman–Crippen LogP) is 4.50. The molecule has 0 aliphatic heterocycles. The summed E-state index contributed by atoms with van der Waals surface area (Å²) in [5.41, 5.74) is 2.19. The number of hydrogen-bond acceptors (Lipinski definition) is 5. The van der Waals surface area contributed by atoms with Gasteiger partial charge >= 0.3 is 0 Å². The van der Waals surface area contributed by atoms with E-state index in [4.69, 9.17) is 4.74 Å². The number of hydrogen-bond donors (Lipinski definition) is 2. The van der Waals surface area contributed by atoms with Gasteiger partial charge in [-0.25, -0.2) is 9.97 Å². The van der Waals surface area contributed by atoms with Crippen molar-refractivity contribution in [2.75, 3.05) is 5.32 Å². The van der Waals surface area contributed by atoms with Gasteiger partial charge in [-0.1, -0.05) is 30.3 Å². The molecule has 0 fully saturated rings. The summed E-state index contributed by atoms with van der Waals surface area (Å²) in [5, 5.41) is 6.13. The molecule has 6 heteroatoms. The highest BCUT2D eigenvalue weighted by Crippen LogP contribution is 2.20. The first kappa shape index (κ1) is 19.4. The van der Waals surface area contributed by atoms with Crippen molar-refractivity contribution in [3.63, 3.8) is 0 Å². The summed E-state index contributed by atoms with van der Waals surface area (Å²) in [6.07, 6.45) is 1.50.